The summed E-state index contributed by atoms with van der Waals surface area (Å²) in [6.07, 6.45) is -0.184. The Morgan fingerprint density at radius 2 is 1.88 bits per heavy atom. The third kappa shape index (κ3) is 3.62. The molecule has 126 valence electrons. The molecule has 3 rings (SSSR count). The van der Waals surface area contributed by atoms with E-state index in [1.54, 1.807) is 36.2 Å². The van der Waals surface area contributed by atoms with Crippen molar-refractivity contribution >= 4 is 5.91 Å². The Balaban J connectivity index is 1.60. The first-order chi connectivity index (χ1) is 11.7. The third-order valence-electron chi connectivity index (χ3n) is 3.80. The number of hydrogen-bond donors (Lipinski definition) is 0. The van der Waals surface area contributed by atoms with Gasteiger partial charge in [0.05, 0.1) is 13.2 Å². The maximum absolute atomic E-state index is 12.5. The van der Waals surface area contributed by atoms with E-state index in [9.17, 15) is 4.79 Å². The first-order valence-electron chi connectivity index (χ1n) is 8.04. The van der Waals surface area contributed by atoms with Gasteiger partial charge < -0.3 is 19.1 Å². The molecule has 2 aromatic carbocycles. The number of fused-ring (bicyclic) bond motifs is 1. The molecule has 24 heavy (non-hydrogen) atoms. The maximum atomic E-state index is 12.5. The quantitative estimate of drug-likeness (QED) is 0.847. The van der Waals surface area contributed by atoms with Gasteiger partial charge in [-0.2, -0.15) is 0 Å². The molecule has 0 aromatic heterocycles. The van der Waals surface area contributed by atoms with Crippen LogP contribution in [-0.4, -0.2) is 43.7 Å². The van der Waals surface area contributed by atoms with E-state index in [-0.39, 0.29) is 12.0 Å². The van der Waals surface area contributed by atoms with E-state index in [0.717, 1.165) is 17.2 Å². The number of amides is 1. The minimum absolute atomic E-state index is 0.0551. The summed E-state index contributed by atoms with van der Waals surface area (Å²) in [5, 5.41) is 0. The number of benzene rings is 2. The van der Waals surface area contributed by atoms with Gasteiger partial charge in [0.25, 0.3) is 5.91 Å². The van der Waals surface area contributed by atoms with E-state index in [1.807, 2.05) is 31.2 Å². The fourth-order valence-corrected chi connectivity index (χ4v) is 2.62. The second kappa shape index (κ2) is 7.25. The van der Waals surface area contributed by atoms with Crippen LogP contribution in [0.2, 0.25) is 0 Å². The van der Waals surface area contributed by atoms with Gasteiger partial charge in [0.2, 0.25) is 0 Å². The minimum atomic E-state index is -0.184. The minimum Gasteiger partial charge on any atom is -0.494 e. The van der Waals surface area contributed by atoms with Gasteiger partial charge >= 0.3 is 0 Å². The number of ether oxygens (including phenoxy) is 3. The molecule has 1 amide bonds. The lowest BCUT2D eigenvalue weighted by atomic mass is 10.2. The fraction of sp³-hybridized carbons (Fsp3) is 0.316. The molecule has 5 nitrogen and oxygen atoms in total. The van der Waals surface area contributed by atoms with Crippen molar-refractivity contribution in [2.45, 2.75) is 13.0 Å². The average Bonchev–Trinajstić information content (AvgIpc) is 2.62. The van der Waals surface area contributed by atoms with E-state index < -0.39 is 0 Å². The lowest BCUT2D eigenvalue weighted by Gasteiger charge is -2.29. The summed E-state index contributed by atoms with van der Waals surface area (Å²) in [6.45, 7) is 3.42. The summed E-state index contributed by atoms with van der Waals surface area (Å²) in [7, 11) is 1.77. The molecule has 0 spiro atoms. The zero-order valence-corrected chi connectivity index (χ0v) is 13.9. The summed E-state index contributed by atoms with van der Waals surface area (Å²) in [4.78, 5) is 14.2. The molecule has 0 radical (unpaired) electrons. The Labute approximate surface area is 141 Å². The van der Waals surface area contributed by atoms with Crippen molar-refractivity contribution in [1.82, 2.24) is 4.90 Å². The number of nitrogens with zero attached hydrogens (tertiary/aromatic N) is 1. The average molecular weight is 327 g/mol. The first kappa shape index (κ1) is 16.2. The van der Waals surface area contributed by atoms with Crippen molar-refractivity contribution in [3.05, 3.63) is 54.1 Å². The normalized spacial score (nSPS) is 15.7. The molecule has 1 aliphatic rings. The molecule has 0 bridgehead atoms. The zero-order valence-electron chi connectivity index (χ0n) is 13.9. The lowest BCUT2D eigenvalue weighted by molar-refractivity contribution is 0.0521. The molecule has 0 fully saturated rings. The standard InChI is InChI=1S/C19H21NO4/c1-3-22-15-10-8-14(9-11-15)19(21)20(2)12-16-13-23-17-6-4-5-7-18(17)24-16/h4-11,16H,3,12-13H2,1-2H3/t16-/m0/s1. The smallest absolute Gasteiger partial charge is 0.253 e. The van der Waals surface area contributed by atoms with Crippen LogP contribution in [0.3, 0.4) is 0 Å². The lowest BCUT2D eigenvalue weighted by Crippen LogP contribution is -2.41. The Morgan fingerprint density at radius 3 is 2.58 bits per heavy atom. The highest BCUT2D eigenvalue weighted by molar-refractivity contribution is 5.94. The van der Waals surface area contributed by atoms with E-state index in [0.29, 0.717) is 25.3 Å². The van der Waals surface area contributed by atoms with Gasteiger partial charge in [-0.3, -0.25) is 4.79 Å². The number of carbonyl (C=O) groups excluding carboxylic acids is 1. The highest BCUT2D eigenvalue weighted by Gasteiger charge is 2.24. The van der Waals surface area contributed by atoms with Crippen LogP contribution >= 0.6 is 0 Å². The van der Waals surface area contributed by atoms with Crippen LogP contribution in [0.15, 0.2) is 48.5 Å². The first-order valence-corrected chi connectivity index (χ1v) is 8.04. The molecular formula is C19H21NO4. The molecule has 2 aromatic rings. The topological polar surface area (TPSA) is 48.0 Å². The molecular weight excluding hydrogens is 306 g/mol. The highest BCUT2D eigenvalue weighted by Crippen LogP contribution is 2.31. The van der Waals surface area contributed by atoms with E-state index in [2.05, 4.69) is 0 Å². The van der Waals surface area contributed by atoms with Crippen LogP contribution in [0, 0.1) is 0 Å². The summed E-state index contributed by atoms with van der Waals surface area (Å²) < 4.78 is 17.0. The maximum Gasteiger partial charge on any atom is 0.253 e. The predicted molar refractivity (Wildman–Crippen MR) is 90.9 cm³/mol. The van der Waals surface area contributed by atoms with Crippen molar-refractivity contribution in [2.75, 3.05) is 26.8 Å². The second-order valence-electron chi connectivity index (χ2n) is 5.64. The molecule has 0 saturated carbocycles. The van der Waals surface area contributed by atoms with Crippen LogP contribution in [0.4, 0.5) is 0 Å². The Bertz CT molecular complexity index is 699. The molecule has 1 heterocycles. The largest absolute Gasteiger partial charge is 0.494 e. The fourth-order valence-electron chi connectivity index (χ4n) is 2.62. The van der Waals surface area contributed by atoms with Crippen LogP contribution in [0.25, 0.3) is 0 Å². The van der Waals surface area contributed by atoms with Crippen LogP contribution < -0.4 is 14.2 Å². The SMILES string of the molecule is CCOc1ccc(C(=O)N(C)C[C@H]2COc3ccccc3O2)cc1. The van der Waals surface area contributed by atoms with Crippen molar-refractivity contribution in [3.8, 4) is 17.2 Å². The number of hydrogen-bond acceptors (Lipinski definition) is 4. The van der Waals surface area contributed by atoms with E-state index in [1.165, 1.54) is 0 Å². The second-order valence-corrected chi connectivity index (χ2v) is 5.64. The predicted octanol–water partition coefficient (Wildman–Crippen LogP) is 3.00. The summed E-state index contributed by atoms with van der Waals surface area (Å²) in [6, 6.07) is 14.7. The van der Waals surface area contributed by atoms with Gasteiger partial charge in [0.1, 0.15) is 12.4 Å². The molecule has 1 atom stereocenters. The van der Waals surface area contributed by atoms with Gasteiger partial charge in [-0.25, -0.2) is 0 Å². The van der Waals surface area contributed by atoms with Gasteiger partial charge in [0.15, 0.2) is 17.6 Å². The van der Waals surface area contributed by atoms with Crippen LogP contribution in [0.1, 0.15) is 17.3 Å². The van der Waals surface area contributed by atoms with Gasteiger partial charge in [-0.1, -0.05) is 12.1 Å². The molecule has 5 heteroatoms. The van der Waals surface area contributed by atoms with Crippen molar-refractivity contribution < 1.29 is 19.0 Å². The molecule has 0 aliphatic carbocycles. The Kier molecular flexibility index (Phi) is 4.89. The van der Waals surface area contributed by atoms with Crippen LogP contribution in [0.5, 0.6) is 17.2 Å². The number of carbonyl (C=O) groups is 1. The number of para-hydroxylation sites is 2. The summed E-state index contributed by atoms with van der Waals surface area (Å²) in [5.41, 5.74) is 0.623. The van der Waals surface area contributed by atoms with Gasteiger partial charge in [-0.05, 0) is 43.3 Å². The summed E-state index contributed by atoms with van der Waals surface area (Å²) >= 11 is 0. The van der Waals surface area contributed by atoms with Gasteiger partial charge in [-0.15, -0.1) is 0 Å². The Morgan fingerprint density at radius 1 is 1.17 bits per heavy atom. The van der Waals surface area contributed by atoms with E-state index in [4.69, 9.17) is 14.2 Å². The van der Waals surface area contributed by atoms with Crippen molar-refractivity contribution in [3.63, 3.8) is 0 Å². The zero-order chi connectivity index (χ0) is 16.9. The summed E-state index contributed by atoms with van der Waals surface area (Å²) in [5.74, 6) is 2.17. The third-order valence-corrected chi connectivity index (χ3v) is 3.80. The van der Waals surface area contributed by atoms with E-state index >= 15 is 0 Å². The Hall–Kier alpha value is -2.69. The van der Waals surface area contributed by atoms with Crippen LogP contribution in [-0.2, 0) is 0 Å². The highest BCUT2D eigenvalue weighted by atomic mass is 16.6. The molecule has 0 unspecified atom stereocenters. The number of likely N-dealkylation sites (N-methyl/N-ethyl adjacent to an activating group) is 1. The van der Waals surface area contributed by atoms with Gasteiger partial charge in [0, 0.05) is 12.6 Å². The monoisotopic (exact) mass is 327 g/mol. The van der Waals surface area contributed by atoms with Crippen molar-refractivity contribution in [1.29, 1.82) is 0 Å². The molecule has 1 aliphatic heterocycles. The molecule has 0 N–H and O–H groups in total. The number of rotatable bonds is 5. The molecule has 0 saturated heterocycles. The van der Waals surface area contributed by atoms with Crippen molar-refractivity contribution in [2.24, 2.45) is 0 Å².